The predicted octanol–water partition coefficient (Wildman–Crippen LogP) is 4.25. The molecule has 0 amide bonds. The summed E-state index contributed by atoms with van der Waals surface area (Å²) in [5.74, 6) is -1.07. The Kier molecular flexibility index (Phi) is 2.77. The number of para-hydroxylation sites is 2. The number of benzene rings is 1. The van der Waals surface area contributed by atoms with E-state index < -0.39 is 16.3 Å². The molecule has 2 nitrogen and oxygen atoms in total. The topological polar surface area (TPSA) is 17.8 Å². The van der Waals surface area contributed by atoms with Crippen LogP contribution in [0.2, 0.25) is 0 Å². The van der Waals surface area contributed by atoms with Crippen molar-refractivity contribution in [1.82, 2.24) is 9.55 Å². The highest BCUT2D eigenvalue weighted by atomic mass is 35.5. The van der Waals surface area contributed by atoms with Crippen LogP contribution in [0.3, 0.4) is 0 Å². The average molecular weight is 309 g/mol. The number of alkyl halides is 5. The van der Waals surface area contributed by atoms with Gasteiger partial charge in [0, 0.05) is 12.5 Å². The van der Waals surface area contributed by atoms with Crippen LogP contribution in [0, 0.1) is 5.92 Å². The number of hydrogen-bond acceptors (Lipinski definition) is 1. The highest BCUT2D eigenvalue weighted by molar-refractivity contribution is 6.50. The number of halogens is 5. The van der Waals surface area contributed by atoms with Crippen molar-refractivity contribution in [2.24, 2.45) is 5.92 Å². The molecular formula is C12H9Cl2F3N2. The second kappa shape index (κ2) is 4.03. The molecule has 0 saturated heterocycles. The molecule has 1 aromatic heterocycles. The largest absolute Gasteiger partial charge is 0.449 e. The lowest BCUT2D eigenvalue weighted by Crippen LogP contribution is -2.16. The minimum atomic E-state index is -4.49. The maximum absolute atomic E-state index is 13.0. The Bertz CT molecular complexity index is 633. The summed E-state index contributed by atoms with van der Waals surface area (Å²) in [6, 6.07) is 6.51. The molecule has 1 aromatic carbocycles. The molecule has 0 N–H and O–H groups in total. The molecule has 19 heavy (non-hydrogen) atoms. The van der Waals surface area contributed by atoms with Gasteiger partial charge in [-0.1, -0.05) is 12.1 Å². The van der Waals surface area contributed by atoms with Crippen molar-refractivity contribution in [3.8, 4) is 0 Å². The third-order valence-corrected chi connectivity index (χ3v) is 4.19. The van der Waals surface area contributed by atoms with Crippen LogP contribution in [0.5, 0.6) is 0 Å². The molecule has 1 saturated carbocycles. The molecule has 0 bridgehead atoms. The molecule has 1 aliphatic carbocycles. The Morgan fingerprint density at radius 3 is 2.53 bits per heavy atom. The van der Waals surface area contributed by atoms with Gasteiger partial charge in [-0.15, -0.1) is 23.2 Å². The number of rotatable bonds is 2. The van der Waals surface area contributed by atoms with Crippen molar-refractivity contribution in [2.45, 2.75) is 23.5 Å². The molecule has 3 rings (SSSR count). The van der Waals surface area contributed by atoms with Gasteiger partial charge in [0.25, 0.3) is 0 Å². The fraction of sp³-hybridized carbons (Fsp3) is 0.417. The van der Waals surface area contributed by atoms with Gasteiger partial charge in [-0.05, 0) is 18.6 Å². The van der Waals surface area contributed by atoms with E-state index in [0.29, 0.717) is 17.5 Å². The molecular weight excluding hydrogens is 300 g/mol. The van der Waals surface area contributed by atoms with Crippen LogP contribution in [0.25, 0.3) is 11.0 Å². The molecule has 7 heteroatoms. The molecule has 0 spiro atoms. The maximum atomic E-state index is 13.0. The van der Waals surface area contributed by atoms with Crippen LogP contribution in [0.1, 0.15) is 12.2 Å². The van der Waals surface area contributed by atoms with E-state index in [2.05, 4.69) is 4.98 Å². The smallest absolute Gasteiger partial charge is 0.320 e. The summed E-state index contributed by atoms with van der Waals surface area (Å²) < 4.78 is 39.3. The summed E-state index contributed by atoms with van der Waals surface area (Å²) in [6.45, 7) is 0.127. The summed E-state index contributed by atoms with van der Waals surface area (Å²) >= 11 is 11.8. The quantitative estimate of drug-likeness (QED) is 0.758. The molecule has 0 radical (unpaired) electrons. The third kappa shape index (κ3) is 2.30. The molecule has 102 valence electrons. The van der Waals surface area contributed by atoms with E-state index in [1.807, 2.05) is 0 Å². The van der Waals surface area contributed by atoms with Crippen molar-refractivity contribution in [2.75, 3.05) is 0 Å². The van der Waals surface area contributed by atoms with Crippen molar-refractivity contribution in [3.05, 3.63) is 30.1 Å². The minimum Gasteiger partial charge on any atom is -0.320 e. The van der Waals surface area contributed by atoms with Crippen LogP contribution >= 0.6 is 23.2 Å². The van der Waals surface area contributed by atoms with E-state index in [4.69, 9.17) is 23.2 Å². The molecule has 1 aliphatic rings. The van der Waals surface area contributed by atoms with Gasteiger partial charge in [0.15, 0.2) is 0 Å². The fourth-order valence-corrected chi connectivity index (χ4v) is 2.68. The fourth-order valence-electron chi connectivity index (χ4n) is 2.16. The zero-order chi connectivity index (χ0) is 13.8. The van der Waals surface area contributed by atoms with Gasteiger partial charge in [-0.2, -0.15) is 13.2 Å². The Morgan fingerprint density at radius 2 is 1.95 bits per heavy atom. The van der Waals surface area contributed by atoms with Gasteiger partial charge in [0.2, 0.25) is 5.82 Å². The van der Waals surface area contributed by atoms with E-state index in [-0.39, 0.29) is 12.5 Å². The normalized spacial score (nSPS) is 21.8. The van der Waals surface area contributed by atoms with Gasteiger partial charge in [-0.25, -0.2) is 4.98 Å². The monoisotopic (exact) mass is 308 g/mol. The Balaban J connectivity index is 2.09. The number of nitrogens with zero attached hydrogens (tertiary/aromatic N) is 2. The molecule has 2 aromatic rings. The van der Waals surface area contributed by atoms with Gasteiger partial charge in [0.1, 0.15) is 4.33 Å². The lowest BCUT2D eigenvalue weighted by atomic mass is 10.3. The molecule has 1 heterocycles. The summed E-state index contributed by atoms with van der Waals surface area (Å²) in [7, 11) is 0. The SMILES string of the molecule is FC(F)(F)c1nc2ccccc2n1CC1CC1(Cl)Cl. The van der Waals surface area contributed by atoms with E-state index in [0.717, 1.165) is 4.57 Å². The first-order valence-electron chi connectivity index (χ1n) is 5.69. The van der Waals surface area contributed by atoms with Crippen molar-refractivity contribution < 1.29 is 13.2 Å². The van der Waals surface area contributed by atoms with Crippen LogP contribution in [0.4, 0.5) is 13.2 Å². The van der Waals surface area contributed by atoms with Gasteiger partial charge in [-0.3, -0.25) is 0 Å². The first-order valence-corrected chi connectivity index (χ1v) is 6.45. The third-order valence-electron chi connectivity index (χ3n) is 3.27. The zero-order valence-corrected chi connectivity index (χ0v) is 11.1. The number of fused-ring (bicyclic) bond motifs is 1. The molecule has 1 atom stereocenters. The highest BCUT2D eigenvalue weighted by Gasteiger charge is 2.52. The summed E-state index contributed by atoms with van der Waals surface area (Å²) in [5.41, 5.74) is 0.774. The van der Waals surface area contributed by atoms with Crippen LogP contribution in [-0.4, -0.2) is 13.9 Å². The van der Waals surface area contributed by atoms with E-state index in [9.17, 15) is 13.2 Å². The van der Waals surface area contributed by atoms with Gasteiger partial charge in [0.05, 0.1) is 11.0 Å². The average Bonchev–Trinajstić information content (AvgIpc) is 2.74. The van der Waals surface area contributed by atoms with Gasteiger partial charge < -0.3 is 4.57 Å². The standard InChI is InChI=1S/C12H9Cl2F3N2/c13-11(14)5-7(11)6-19-9-4-2-1-3-8(9)18-10(19)12(15,16)17/h1-4,7H,5-6H2. The maximum Gasteiger partial charge on any atom is 0.449 e. The number of imidazole rings is 1. The van der Waals surface area contributed by atoms with E-state index in [1.165, 1.54) is 0 Å². The first-order chi connectivity index (χ1) is 8.79. The van der Waals surface area contributed by atoms with Crippen LogP contribution < -0.4 is 0 Å². The molecule has 1 unspecified atom stereocenters. The molecule has 1 fully saturated rings. The zero-order valence-electron chi connectivity index (χ0n) is 9.59. The Labute approximate surface area is 117 Å². The van der Waals surface area contributed by atoms with Crippen molar-refractivity contribution in [3.63, 3.8) is 0 Å². The number of hydrogen-bond donors (Lipinski definition) is 0. The van der Waals surface area contributed by atoms with E-state index in [1.54, 1.807) is 24.3 Å². The van der Waals surface area contributed by atoms with Crippen LogP contribution in [0.15, 0.2) is 24.3 Å². The van der Waals surface area contributed by atoms with Crippen LogP contribution in [-0.2, 0) is 12.7 Å². The molecule has 0 aliphatic heterocycles. The minimum absolute atomic E-state index is 0.127. The lowest BCUT2D eigenvalue weighted by molar-refractivity contribution is -0.147. The summed E-state index contributed by atoms with van der Waals surface area (Å²) in [5, 5.41) is 0. The Hall–Kier alpha value is -0.940. The van der Waals surface area contributed by atoms with Crippen molar-refractivity contribution >= 4 is 34.2 Å². The second-order valence-electron chi connectivity index (χ2n) is 4.69. The first kappa shape index (κ1) is 13.1. The van der Waals surface area contributed by atoms with Crippen molar-refractivity contribution in [1.29, 1.82) is 0 Å². The summed E-state index contributed by atoms with van der Waals surface area (Å²) in [4.78, 5) is 3.66. The number of aromatic nitrogens is 2. The Morgan fingerprint density at radius 1 is 1.32 bits per heavy atom. The summed E-state index contributed by atoms with van der Waals surface area (Å²) in [6.07, 6.45) is -3.99. The predicted molar refractivity (Wildman–Crippen MR) is 67.3 cm³/mol. The van der Waals surface area contributed by atoms with E-state index >= 15 is 0 Å². The highest BCUT2D eigenvalue weighted by Crippen LogP contribution is 2.54. The lowest BCUT2D eigenvalue weighted by Gasteiger charge is -2.11. The second-order valence-corrected chi connectivity index (χ2v) is 6.24. The van der Waals surface area contributed by atoms with Gasteiger partial charge >= 0.3 is 6.18 Å².